The van der Waals surface area contributed by atoms with Gasteiger partial charge in [-0.1, -0.05) is 18.2 Å². The SMILES string of the molecule is NC(=O)C1(OC(=O)c2ccnc3ccccc23)CCC(CCN2CCC(C(=O)c3ccc(F)cc3)CC2)CC1. The number of ether oxygens (including phenoxy) is 1. The number of aromatic nitrogens is 1. The number of nitrogens with zero attached hydrogens (tertiary/aromatic N) is 2. The van der Waals surface area contributed by atoms with Crippen molar-refractivity contribution in [3.63, 3.8) is 0 Å². The van der Waals surface area contributed by atoms with E-state index in [2.05, 4.69) is 9.88 Å². The number of benzene rings is 2. The van der Waals surface area contributed by atoms with Crippen LogP contribution < -0.4 is 5.73 Å². The van der Waals surface area contributed by atoms with Crippen LogP contribution >= 0.6 is 0 Å². The van der Waals surface area contributed by atoms with Crippen LogP contribution in [0.25, 0.3) is 10.9 Å². The Labute approximate surface area is 227 Å². The van der Waals surface area contributed by atoms with Crippen molar-refractivity contribution in [3.8, 4) is 0 Å². The van der Waals surface area contributed by atoms with Crippen LogP contribution in [0.1, 0.15) is 65.7 Å². The van der Waals surface area contributed by atoms with Crippen LogP contribution in [0.4, 0.5) is 4.39 Å². The molecule has 3 aromatic rings. The molecule has 1 saturated carbocycles. The maximum Gasteiger partial charge on any atom is 0.339 e. The molecule has 39 heavy (non-hydrogen) atoms. The number of piperidine rings is 1. The zero-order chi connectivity index (χ0) is 27.4. The van der Waals surface area contributed by atoms with E-state index < -0.39 is 17.5 Å². The Morgan fingerprint density at radius 3 is 2.36 bits per heavy atom. The summed E-state index contributed by atoms with van der Waals surface area (Å²) in [5.74, 6) is -0.998. The highest BCUT2D eigenvalue weighted by Gasteiger charge is 2.44. The van der Waals surface area contributed by atoms with Crippen molar-refractivity contribution in [2.45, 2.75) is 50.5 Å². The number of hydrogen-bond acceptors (Lipinski definition) is 6. The molecule has 1 amide bonds. The van der Waals surface area contributed by atoms with Crippen LogP contribution in [0.3, 0.4) is 0 Å². The molecule has 0 spiro atoms. The number of carbonyl (C=O) groups excluding carboxylic acids is 3. The number of primary amides is 1. The summed E-state index contributed by atoms with van der Waals surface area (Å²) in [6.07, 6.45) is 6.48. The summed E-state index contributed by atoms with van der Waals surface area (Å²) in [4.78, 5) is 45.1. The Hall–Kier alpha value is -3.65. The molecule has 2 aromatic carbocycles. The second-order valence-electron chi connectivity index (χ2n) is 10.8. The highest BCUT2D eigenvalue weighted by atomic mass is 19.1. The van der Waals surface area contributed by atoms with Crippen molar-refractivity contribution in [2.24, 2.45) is 17.6 Å². The van der Waals surface area contributed by atoms with Crippen LogP contribution in [0, 0.1) is 17.7 Å². The second-order valence-corrected chi connectivity index (χ2v) is 10.8. The van der Waals surface area contributed by atoms with Crippen molar-refractivity contribution in [3.05, 3.63) is 77.7 Å². The van der Waals surface area contributed by atoms with Gasteiger partial charge in [0.05, 0.1) is 11.1 Å². The van der Waals surface area contributed by atoms with Crippen LogP contribution in [0.15, 0.2) is 60.8 Å². The van der Waals surface area contributed by atoms with E-state index in [9.17, 15) is 18.8 Å². The van der Waals surface area contributed by atoms with E-state index in [0.29, 0.717) is 40.8 Å². The van der Waals surface area contributed by atoms with Crippen LogP contribution in [-0.4, -0.2) is 52.8 Å². The molecule has 2 heterocycles. The largest absolute Gasteiger partial charge is 0.445 e. The number of nitrogens with two attached hydrogens (primary N) is 1. The van der Waals surface area contributed by atoms with Gasteiger partial charge in [0.15, 0.2) is 11.4 Å². The average Bonchev–Trinajstić information content (AvgIpc) is 2.96. The molecular weight excluding hydrogens is 497 g/mol. The lowest BCUT2D eigenvalue weighted by Gasteiger charge is -2.38. The van der Waals surface area contributed by atoms with Gasteiger partial charge in [0.25, 0.3) is 5.91 Å². The molecule has 1 aliphatic heterocycles. The van der Waals surface area contributed by atoms with Gasteiger partial charge in [0, 0.05) is 23.1 Å². The van der Waals surface area contributed by atoms with Gasteiger partial charge in [0.1, 0.15) is 5.82 Å². The molecule has 5 rings (SSSR count). The number of halogens is 1. The Kier molecular flexibility index (Phi) is 8.02. The quantitative estimate of drug-likeness (QED) is 0.327. The van der Waals surface area contributed by atoms with Gasteiger partial charge >= 0.3 is 5.97 Å². The predicted molar refractivity (Wildman–Crippen MR) is 146 cm³/mol. The fourth-order valence-corrected chi connectivity index (χ4v) is 5.97. The van der Waals surface area contributed by atoms with E-state index in [4.69, 9.17) is 10.5 Å². The van der Waals surface area contributed by atoms with E-state index >= 15 is 0 Å². The lowest BCUT2D eigenvalue weighted by molar-refractivity contribution is -0.142. The van der Waals surface area contributed by atoms with Crippen molar-refractivity contribution >= 4 is 28.6 Å². The van der Waals surface area contributed by atoms with E-state index in [1.165, 1.54) is 12.1 Å². The molecule has 2 aliphatic rings. The smallest absolute Gasteiger partial charge is 0.339 e. The van der Waals surface area contributed by atoms with Gasteiger partial charge in [-0.15, -0.1) is 0 Å². The maximum atomic E-state index is 13.2. The molecule has 7 nitrogen and oxygen atoms in total. The molecule has 2 N–H and O–H groups in total. The van der Waals surface area contributed by atoms with Crippen molar-refractivity contribution in [1.82, 2.24) is 9.88 Å². The van der Waals surface area contributed by atoms with Crippen LogP contribution in [-0.2, 0) is 9.53 Å². The van der Waals surface area contributed by atoms with Gasteiger partial charge in [-0.3, -0.25) is 14.6 Å². The summed E-state index contributed by atoms with van der Waals surface area (Å²) in [6, 6.07) is 14.7. The minimum absolute atomic E-state index is 0.0234. The zero-order valence-corrected chi connectivity index (χ0v) is 22.0. The van der Waals surface area contributed by atoms with Crippen molar-refractivity contribution in [1.29, 1.82) is 0 Å². The Morgan fingerprint density at radius 1 is 0.974 bits per heavy atom. The number of esters is 1. The number of Topliss-reactive ketones (excluding diaryl/α,β-unsaturated/α-hetero) is 1. The van der Waals surface area contributed by atoms with Crippen molar-refractivity contribution in [2.75, 3.05) is 19.6 Å². The number of pyridine rings is 1. The molecule has 204 valence electrons. The van der Waals surface area contributed by atoms with Gasteiger partial charge in [0.2, 0.25) is 0 Å². The molecule has 1 saturated heterocycles. The first-order valence-corrected chi connectivity index (χ1v) is 13.7. The minimum Gasteiger partial charge on any atom is -0.445 e. The summed E-state index contributed by atoms with van der Waals surface area (Å²) < 4.78 is 19.0. The maximum absolute atomic E-state index is 13.2. The minimum atomic E-state index is -1.29. The topological polar surface area (TPSA) is 103 Å². The van der Waals surface area contributed by atoms with Crippen LogP contribution in [0.2, 0.25) is 0 Å². The highest BCUT2D eigenvalue weighted by Crippen LogP contribution is 2.37. The summed E-state index contributed by atoms with van der Waals surface area (Å²) >= 11 is 0. The van der Waals surface area contributed by atoms with E-state index in [0.717, 1.165) is 51.7 Å². The standard InChI is InChI=1S/C31H34FN3O4/c32-24-7-5-22(6-8-24)28(36)23-13-19-35(20-14-23)18-12-21-9-15-31(16-10-21,30(33)38)39-29(37)26-11-17-34-27-4-2-1-3-25(26)27/h1-8,11,17,21,23H,9-10,12-16,18-20H2,(H2,33,38). The monoisotopic (exact) mass is 531 g/mol. The number of hydrogen-bond donors (Lipinski definition) is 1. The number of fused-ring (bicyclic) bond motifs is 1. The molecule has 0 bridgehead atoms. The lowest BCUT2D eigenvalue weighted by atomic mass is 9.76. The summed E-state index contributed by atoms with van der Waals surface area (Å²) in [5.41, 5.74) is 6.13. The van der Waals surface area contributed by atoms with Gasteiger partial charge in [-0.2, -0.15) is 0 Å². The second kappa shape index (κ2) is 11.6. The van der Waals surface area contributed by atoms with Crippen molar-refractivity contribution < 1.29 is 23.5 Å². The first kappa shape index (κ1) is 26.9. The molecule has 8 heteroatoms. The van der Waals surface area contributed by atoms with E-state index in [-0.39, 0.29) is 17.5 Å². The molecule has 0 radical (unpaired) electrons. The summed E-state index contributed by atoms with van der Waals surface area (Å²) in [5, 5.41) is 0.682. The molecule has 0 atom stereocenters. The van der Waals surface area contributed by atoms with Gasteiger partial charge < -0.3 is 15.4 Å². The molecule has 0 unspecified atom stereocenters. The fraction of sp³-hybridized carbons (Fsp3) is 0.419. The van der Waals surface area contributed by atoms with E-state index in [1.54, 1.807) is 24.4 Å². The predicted octanol–water partition coefficient (Wildman–Crippen LogP) is 4.93. The number of likely N-dealkylation sites (tertiary alicyclic amines) is 1. The number of rotatable bonds is 8. The number of carbonyl (C=O) groups is 3. The highest BCUT2D eigenvalue weighted by molar-refractivity contribution is 6.04. The fourth-order valence-electron chi connectivity index (χ4n) is 5.97. The van der Waals surface area contributed by atoms with Gasteiger partial charge in [-0.25, -0.2) is 9.18 Å². The summed E-state index contributed by atoms with van der Waals surface area (Å²) in [6.45, 7) is 2.63. The summed E-state index contributed by atoms with van der Waals surface area (Å²) in [7, 11) is 0. The molecule has 2 fully saturated rings. The third-order valence-corrected chi connectivity index (χ3v) is 8.46. The Bertz CT molecular complexity index is 1340. The first-order valence-electron chi connectivity index (χ1n) is 13.7. The third kappa shape index (κ3) is 6.01. The third-order valence-electron chi connectivity index (χ3n) is 8.46. The normalized spacial score (nSPS) is 22.4. The average molecular weight is 532 g/mol. The molecule has 1 aromatic heterocycles. The first-order chi connectivity index (χ1) is 18.8. The Balaban J connectivity index is 1.11. The molecule has 1 aliphatic carbocycles. The number of ketones is 1. The Morgan fingerprint density at radius 2 is 1.67 bits per heavy atom. The zero-order valence-electron chi connectivity index (χ0n) is 22.0. The number of amides is 1. The lowest BCUT2D eigenvalue weighted by Crippen LogP contribution is -2.50. The van der Waals surface area contributed by atoms with E-state index in [1.807, 2.05) is 24.3 Å². The molecular formula is C31H34FN3O4. The van der Waals surface area contributed by atoms with Gasteiger partial charge in [-0.05, 0) is 107 Å². The number of para-hydroxylation sites is 1. The van der Waals surface area contributed by atoms with Crippen LogP contribution in [0.5, 0.6) is 0 Å².